The van der Waals surface area contributed by atoms with E-state index in [1.54, 1.807) is 26.2 Å². The summed E-state index contributed by atoms with van der Waals surface area (Å²) in [5, 5.41) is 0.294. The van der Waals surface area contributed by atoms with Crippen LogP contribution in [0.5, 0.6) is 5.75 Å². The molecule has 112 valence electrons. The van der Waals surface area contributed by atoms with Gasteiger partial charge in [-0.05, 0) is 18.2 Å². The monoisotopic (exact) mass is 322 g/mol. The van der Waals surface area contributed by atoms with E-state index in [2.05, 4.69) is 0 Å². The van der Waals surface area contributed by atoms with Crippen molar-refractivity contribution in [3.63, 3.8) is 0 Å². The van der Waals surface area contributed by atoms with Crippen molar-refractivity contribution in [2.24, 2.45) is 5.73 Å². The zero-order chi connectivity index (χ0) is 14.4. The minimum Gasteiger partial charge on any atom is -0.488 e. The van der Waals surface area contributed by atoms with Gasteiger partial charge in [0, 0.05) is 31.8 Å². The smallest absolute Gasteiger partial charge is 0.253 e. The Balaban J connectivity index is 0.00000361. The number of carbonyl (C=O) groups is 1. The molecule has 0 aliphatic heterocycles. The minimum absolute atomic E-state index is 0. The molecule has 1 rings (SSSR count). The minimum atomic E-state index is -0.153. The molecule has 2 N–H and O–H groups in total. The summed E-state index contributed by atoms with van der Waals surface area (Å²) < 4.78 is 17.6. The molecule has 0 heterocycles. The summed E-state index contributed by atoms with van der Waals surface area (Å²) in [6.07, 6.45) is 0.415. The van der Waals surface area contributed by atoms with Crippen molar-refractivity contribution >= 4 is 29.9 Å². The number of halogens is 3. The molecule has 0 aliphatic rings. The molecule has 1 amide bonds. The molecular weight excluding hydrogens is 306 g/mol. The maximum Gasteiger partial charge on any atom is 0.253 e. The Morgan fingerprint density at radius 1 is 1.50 bits per heavy atom. The molecule has 0 spiro atoms. The largest absolute Gasteiger partial charge is 0.488 e. The highest BCUT2D eigenvalue weighted by atomic mass is 35.5. The molecular formula is C13H17Cl2FN2O2. The van der Waals surface area contributed by atoms with Gasteiger partial charge in [0.15, 0.2) is 0 Å². The molecule has 7 heteroatoms. The Hall–Kier alpha value is -1.30. The van der Waals surface area contributed by atoms with Crippen molar-refractivity contribution in [3.8, 4) is 5.75 Å². The van der Waals surface area contributed by atoms with E-state index in [1.165, 1.54) is 11.0 Å². The van der Waals surface area contributed by atoms with Crippen LogP contribution in [0.3, 0.4) is 0 Å². The van der Waals surface area contributed by atoms with Crippen LogP contribution in [0.15, 0.2) is 30.1 Å². The highest BCUT2D eigenvalue weighted by Crippen LogP contribution is 2.26. The molecule has 0 aliphatic carbocycles. The van der Waals surface area contributed by atoms with Gasteiger partial charge in [-0.25, -0.2) is 4.39 Å². The Morgan fingerprint density at radius 3 is 2.60 bits per heavy atom. The number of carbonyl (C=O) groups excluding carboxylic acids is 1. The quantitative estimate of drug-likeness (QED) is 0.906. The number of hydrogen-bond donors (Lipinski definition) is 1. The van der Waals surface area contributed by atoms with Crippen molar-refractivity contribution in [1.29, 1.82) is 0 Å². The Bertz CT molecular complexity index is 493. The number of nitrogens with two attached hydrogens (primary N) is 1. The van der Waals surface area contributed by atoms with Gasteiger partial charge in [0.1, 0.15) is 12.4 Å². The second kappa shape index (κ2) is 8.79. The number of hydrogen-bond acceptors (Lipinski definition) is 3. The van der Waals surface area contributed by atoms with Crippen molar-refractivity contribution in [3.05, 3.63) is 40.7 Å². The van der Waals surface area contributed by atoms with Gasteiger partial charge in [-0.3, -0.25) is 4.79 Å². The highest BCUT2D eigenvalue weighted by Gasteiger charge is 2.11. The van der Waals surface area contributed by atoms with Gasteiger partial charge in [0.05, 0.1) is 11.4 Å². The fourth-order valence-electron chi connectivity index (χ4n) is 1.31. The van der Waals surface area contributed by atoms with Crippen LogP contribution < -0.4 is 10.5 Å². The Kier molecular flexibility index (Phi) is 8.22. The summed E-state index contributed by atoms with van der Waals surface area (Å²) >= 11 is 6.01. The lowest BCUT2D eigenvalue weighted by molar-refractivity contribution is 0.0827. The van der Waals surface area contributed by atoms with E-state index in [1.807, 2.05) is 0 Å². The lowest BCUT2D eigenvalue weighted by Gasteiger charge is -2.12. The Labute approximate surface area is 128 Å². The topological polar surface area (TPSA) is 55.6 Å². The average molecular weight is 323 g/mol. The third kappa shape index (κ3) is 5.00. The first-order chi connectivity index (χ1) is 8.99. The van der Waals surface area contributed by atoms with E-state index >= 15 is 0 Å². The molecule has 20 heavy (non-hydrogen) atoms. The first kappa shape index (κ1) is 18.7. The standard InChI is InChI=1S/C13H16ClFN2O2.ClH/c1-17(2)13(18)10-3-4-12(11(14)5-10)19-8-9(6-15)7-16;/h3-6H,7-8,16H2,1-2H3;1H/b9-6-;. The predicted octanol–water partition coefficient (Wildman–Crippen LogP) is 2.65. The lowest BCUT2D eigenvalue weighted by Crippen LogP contribution is -2.21. The molecule has 1 aromatic carbocycles. The summed E-state index contributed by atoms with van der Waals surface area (Å²) in [5.41, 5.74) is 6.10. The third-order valence-electron chi connectivity index (χ3n) is 2.41. The van der Waals surface area contributed by atoms with Crippen LogP contribution in [-0.4, -0.2) is 38.1 Å². The maximum atomic E-state index is 12.3. The first-order valence-corrected chi connectivity index (χ1v) is 5.99. The fraction of sp³-hybridized carbons (Fsp3) is 0.308. The van der Waals surface area contributed by atoms with E-state index in [0.29, 0.717) is 28.2 Å². The lowest BCUT2D eigenvalue weighted by atomic mass is 10.2. The van der Waals surface area contributed by atoms with E-state index in [9.17, 15) is 9.18 Å². The van der Waals surface area contributed by atoms with Gasteiger partial charge in [-0.1, -0.05) is 11.6 Å². The number of nitrogens with zero attached hydrogens (tertiary/aromatic N) is 1. The summed E-state index contributed by atoms with van der Waals surface area (Å²) in [6.45, 7) is 0.0962. The Morgan fingerprint density at radius 2 is 2.15 bits per heavy atom. The van der Waals surface area contributed by atoms with Crippen LogP contribution in [0.4, 0.5) is 4.39 Å². The van der Waals surface area contributed by atoms with Crippen molar-refractivity contribution < 1.29 is 13.9 Å². The van der Waals surface area contributed by atoms with Gasteiger partial charge in [-0.15, -0.1) is 12.4 Å². The molecule has 0 unspecified atom stereocenters. The maximum absolute atomic E-state index is 12.3. The van der Waals surface area contributed by atoms with Crippen LogP contribution in [0.25, 0.3) is 0 Å². The fourth-order valence-corrected chi connectivity index (χ4v) is 1.55. The molecule has 0 aromatic heterocycles. The molecule has 0 radical (unpaired) electrons. The van der Waals surface area contributed by atoms with Crippen LogP contribution in [-0.2, 0) is 0 Å². The SMILES string of the molecule is CN(C)C(=O)c1ccc(OC/C(=C\F)CN)c(Cl)c1.Cl. The zero-order valence-electron chi connectivity index (χ0n) is 11.2. The summed E-state index contributed by atoms with van der Waals surface area (Å²) in [5.74, 6) is 0.226. The zero-order valence-corrected chi connectivity index (χ0v) is 12.8. The van der Waals surface area contributed by atoms with Gasteiger partial charge < -0.3 is 15.4 Å². The first-order valence-electron chi connectivity index (χ1n) is 5.61. The van der Waals surface area contributed by atoms with Crippen LogP contribution in [0.1, 0.15) is 10.4 Å². The number of benzene rings is 1. The van der Waals surface area contributed by atoms with Crippen molar-refractivity contribution in [2.45, 2.75) is 0 Å². The van der Waals surface area contributed by atoms with Gasteiger partial charge >= 0.3 is 0 Å². The third-order valence-corrected chi connectivity index (χ3v) is 2.71. The van der Waals surface area contributed by atoms with E-state index < -0.39 is 0 Å². The van der Waals surface area contributed by atoms with E-state index in [-0.39, 0.29) is 31.5 Å². The van der Waals surface area contributed by atoms with Gasteiger partial charge in [0.25, 0.3) is 5.91 Å². The molecule has 0 atom stereocenters. The summed E-state index contributed by atoms with van der Waals surface area (Å²) in [7, 11) is 3.31. The van der Waals surface area contributed by atoms with Crippen LogP contribution in [0.2, 0.25) is 5.02 Å². The second-order valence-electron chi connectivity index (χ2n) is 4.10. The van der Waals surface area contributed by atoms with E-state index in [0.717, 1.165) is 0 Å². The van der Waals surface area contributed by atoms with Crippen LogP contribution >= 0.6 is 24.0 Å². The van der Waals surface area contributed by atoms with Crippen molar-refractivity contribution in [1.82, 2.24) is 4.90 Å². The average Bonchev–Trinajstić information content (AvgIpc) is 2.40. The molecule has 0 fully saturated rings. The second-order valence-corrected chi connectivity index (χ2v) is 4.51. The van der Waals surface area contributed by atoms with Gasteiger partial charge in [-0.2, -0.15) is 0 Å². The molecule has 4 nitrogen and oxygen atoms in total. The van der Waals surface area contributed by atoms with Crippen LogP contribution in [0, 0.1) is 0 Å². The molecule has 0 bridgehead atoms. The molecule has 0 saturated carbocycles. The molecule has 1 aromatic rings. The van der Waals surface area contributed by atoms with Crippen molar-refractivity contribution in [2.75, 3.05) is 27.2 Å². The summed E-state index contributed by atoms with van der Waals surface area (Å²) in [4.78, 5) is 13.2. The van der Waals surface area contributed by atoms with E-state index in [4.69, 9.17) is 22.1 Å². The van der Waals surface area contributed by atoms with Gasteiger partial charge in [0.2, 0.25) is 0 Å². The summed E-state index contributed by atoms with van der Waals surface area (Å²) in [6, 6.07) is 4.69. The normalized spacial score (nSPS) is 10.8. The number of amides is 1. The highest BCUT2D eigenvalue weighted by molar-refractivity contribution is 6.32. The number of ether oxygens (including phenoxy) is 1. The predicted molar refractivity (Wildman–Crippen MR) is 80.5 cm³/mol. The number of rotatable bonds is 5. The molecule has 0 saturated heterocycles.